The van der Waals surface area contributed by atoms with Gasteiger partial charge < -0.3 is 9.84 Å². The Morgan fingerprint density at radius 3 is 2.65 bits per heavy atom. The van der Waals surface area contributed by atoms with Gasteiger partial charge in [0.15, 0.2) is 0 Å². The Bertz CT molecular complexity index is 522. The van der Waals surface area contributed by atoms with Crippen LogP contribution in [0.4, 0.5) is 0 Å². The summed E-state index contributed by atoms with van der Waals surface area (Å²) in [4.78, 5) is 4.27. The number of hydrogen-bond acceptors (Lipinski definition) is 4. The van der Waals surface area contributed by atoms with E-state index in [0.29, 0.717) is 26.0 Å². The van der Waals surface area contributed by atoms with E-state index in [2.05, 4.69) is 10.1 Å². The molecule has 1 aromatic carbocycles. The smallest absolute Gasteiger partial charge is 0.138 e. The molecule has 0 fully saturated rings. The van der Waals surface area contributed by atoms with Gasteiger partial charge in [0.2, 0.25) is 0 Å². The summed E-state index contributed by atoms with van der Waals surface area (Å²) in [5, 5.41) is 13.9. The molecule has 2 rings (SSSR count). The molecule has 0 radical (unpaired) electrons. The summed E-state index contributed by atoms with van der Waals surface area (Å²) in [6.07, 6.45) is 2.56. The van der Waals surface area contributed by atoms with Crippen LogP contribution in [0.15, 0.2) is 30.6 Å². The maximum atomic E-state index is 9.71. The molecule has 1 aromatic heterocycles. The number of hydrogen-bond donors (Lipinski definition) is 1. The standard InChI is InChI=1S/C15H21N3O2/c1-3-13(19)10-18-15(16-11-17-18)9-12-5-7-14(8-6-12)20-4-2/h5-8,11,13,19H,3-4,9-10H2,1-2H3. The Morgan fingerprint density at radius 2 is 2.00 bits per heavy atom. The number of aliphatic hydroxyl groups excluding tert-OH is 1. The zero-order chi connectivity index (χ0) is 14.4. The van der Waals surface area contributed by atoms with Crippen molar-refractivity contribution in [3.8, 4) is 5.75 Å². The molecule has 0 aliphatic heterocycles. The highest BCUT2D eigenvalue weighted by Gasteiger charge is 2.09. The average molecular weight is 275 g/mol. The van der Waals surface area contributed by atoms with Crippen LogP contribution in [-0.4, -0.2) is 32.6 Å². The lowest BCUT2D eigenvalue weighted by Gasteiger charge is -2.10. The molecular formula is C15H21N3O2. The molecule has 1 heterocycles. The van der Waals surface area contributed by atoms with Crippen molar-refractivity contribution in [1.29, 1.82) is 0 Å². The normalized spacial score (nSPS) is 12.3. The molecule has 5 nitrogen and oxygen atoms in total. The molecule has 108 valence electrons. The summed E-state index contributed by atoms with van der Waals surface area (Å²) in [5.41, 5.74) is 1.15. The van der Waals surface area contributed by atoms with E-state index >= 15 is 0 Å². The Kier molecular flexibility index (Phi) is 5.12. The quantitative estimate of drug-likeness (QED) is 0.840. The van der Waals surface area contributed by atoms with Crippen molar-refractivity contribution in [3.63, 3.8) is 0 Å². The summed E-state index contributed by atoms with van der Waals surface area (Å²) >= 11 is 0. The van der Waals surface area contributed by atoms with Gasteiger partial charge in [-0.2, -0.15) is 5.10 Å². The number of ether oxygens (including phenoxy) is 1. The van der Waals surface area contributed by atoms with E-state index in [0.717, 1.165) is 17.1 Å². The number of benzene rings is 1. The largest absolute Gasteiger partial charge is 0.494 e. The van der Waals surface area contributed by atoms with Crippen LogP contribution in [-0.2, 0) is 13.0 Å². The van der Waals surface area contributed by atoms with Gasteiger partial charge in [-0.15, -0.1) is 0 Å². The van der Waals surface area contributed by atoms with Crippen molar-refractivity contribution in [2.24, 2.45) is 0 Å². The first-order valence-corrected chi connectivity index (χ1v) is 6.99. The summed E-state index contributed by atoms with van der Waals surface area (Å²) in [6, 6.07) is 7.97. The average Bonchev–Trinajstić information content (AvgIpc) is 2.88. The van der Waals surface area contributed by atoms with E-state index in [-0.39, 0.29) is 6.10 Å². The van der Waals surface area contributed by atoms with Gasteiger partial charge in [0, 0.05) is 6.42 Å². The maximum absolute atomic E-state index is 9.71. The van der Waals surface area contributed by atoms with Crippen molar-refractivity contribution in [2.75, 3.05) is 6.61 Å². The van der Waals surface area contributed by atoms with Gasteiger partial charge in [-0.05, 0) is 31.0 Å². The van der Waals surface area contributed by atoms with Crippen molar-refractivity contribution in [3.05, 3.63) is 42.0 Å². The Morgan fingerprint density at radius 1 is 1.25 bits per heavy atom. The fourth-order valence-electron chi connectivity index (χ4n) is 1.96. The Balaban J connectivity index is 2.04. The third kappa shape index (κ3) is 3.81. The van der Waals surface area contributed by atoms with E-state index in [1.54, 1.807) is 4.68 Å². The number of aliphatic hydroxyl groups is 1. The SMILES string of the molecule is CCOc1ccc(Cc2ncnn2CC(O)CC)cc1. The van der Waals surface area contributed by atoms with Gasteiger partial charge in [0.25, 0.3) is 0 Å². The first-order valence-electron chi connectivity index (χ1n) is 6.99. The van der Waals surface area contributed by atoms with Gasteiger partial charge in [-0.1, -0.05) is 19.1 Å². The fraction of sp³-hybridized carbons (Fsp3) is 0.467. The third-order valence-corrected chi connectivity index (χ3v) is 3.15. The molecule has 1 N–H and O–H groups in total. The topological polar surface area (TPSA) is 60.2 Å². The molecule has 0 amide bonds. The zero-order valence-corrected chi connectivity index (χ0v) is 12.0. The van der Waals surface area contributed by atoms with Gasteiger partial charge in [-0.25, -0.2) is 9.67 Å². The molecule has 20 heavy (non-hydrogen) atoms. The van der Waals surface area contributed by atoms with E-state index in [1.165, 1.54) is 6.33 Å². The molecule has 0 aliphatic carbocycles. The number of rotatable bonds is 7. The monoisotopic (exact) mass is 275 g/mol. The molecule has 0 saturated carbocycles. The molecule has 2 aromatic rings. The third-order valence-electron chi connectivity index (χ3n) is 3.15. The zero-order valence-electron chi connectivity index (χ0n) is 12.0. The van der Waals surface area contributed by atoms with Crippen molar-refractivity contribution in [2.45, 2.75) is 39.3 Å². The highest BCUT2D eigenvalue weighted by Crippen LogP contribution is 2.14. The molecule has 1 atom stereocenters. The van der Waals surface area contributed by atoms with E-state index < -0.39 is 0 Å². The number of nitrogens with zero attached hydrogens (tertiary/aromatic N) is 3. The van der Waals surface area contributed by atoms with Crippen LogP contribution in [0.1, 0.15) is 31.7 Å². The van der Waals surface area contributed by atoms with Crippen LogP contribution in [0.5, 0.6) is 5.75 Å². The van der Waals surface area contributed by atoms with E-state index in [1.807, 2.05) is 38.1 Å². The van der Waals surface area contributed by atoms with Gasteiger partial charge in [0.05, 0.1) is 19.3 Å². The molecule has 0 aliphatic rings. The predicted octanol–water partition coefficient (Wildman–Crippen LogP) is 2.04. The molecule has 0 saturated heterocycles. The minimum atomic E-state index is -0.379. The van der Waals surface area contributed by atoms with Crippen LogP contribution in [0.3, 0.4) is 0 Å². The lowest BCUT2D eigenvalue weighted by molar-refractivity contribution is 0.144. The Labute approximate surface area is 119 Å². The predicted molar refractivity (Wildman–Crippen MR) is 76.7 cm³/mol. The lowest BCUT2D eigenvalue weighted by atomic mass is 10.1. The maximum Gasteiger partial charge on any atom is 0.138 e. The number of aromatic nitrogens is 3. The van der Waals surface area contributed by atoms with Gasteiger partial charge in [-0.3, -0.25) is 0 Å². The first-order chi connectivity index (χ1) is 9.72. The van der Waals surface area contributed by atoms with E-state index in [4.69, 9.17) is 4.74 Å². The Hall–Kier alpha value is -1.88. The molecule has 0 bridgehead atoms. The van der Waals surface area contributed by atoms with Crippen molar-refractivity contribution >= 4 is 0 Å². The second kappa shape index (κ2) is 7.05. The summed E-state index contributed by atoms with van der Waals surface area (Å²) in [7, 11) is 0. The molecule has 0 spiro atoms. The van der Waals surface area contributed by atoms with Gasteiger partial charge >= 0.3 is 0 Å². The highest BCUT2D eigenvalue weighted by atomic mass is 16.5. The molecule has 5 heteroatoms. The van der Waals surface area contributed by atoms with Gasteiger partial charge in [0.1, 0.15) is 17.9 Å². The molecular weight excluding hydrogens is 254 g/mol. The second-order valence-electron chi connectivity index (χ2n) is 4.67. The molecule has 1 unspecified atom stereocenters. The minimum Gasteiger partial charge on any atom is -0.494 e. The minimum absolute atomic E-state index is 0.379. The fourth-order valence-corrected chi connectivity index (χ4v) is 1.96. The summed E-state index contributed by atoms with van der Waals surface area (Å²) in [6.45, 7) is 5.08. The second-order valence-corrected chi connectivity index (χ2v) is 4.67. The van der Waals surface area contributed by atoms with Crippen molar-refractivity contribution in [1.82, 2.24) is 14.8 Å². The van der Waals surface area contributed by atoms with Crippen LogP contribution < -0.4 is 4.74 Å². The first kappa shape index (κ1) is 14.5. The highest BCUT2D eigenvalue weighted by molar-refractivity contribution is 5.28. The van der Waals surface area contributed by atoms with Crippen molar-refractivity contribution < 1.29 is 9.84 Å². The summed E-state index contributed by atoms with van der Waals surface area (Å²) in [5.74, 6) is 1.74. The lowest BCUT2D eigenvalue weighted by Crippen LogP contribution is -2.18. The van der Waals surface area contributed by atoms with Crippen LogP contribution in [0.25, 0.3) is 0 Å². The van der Waals surface area contributed by atoms with Crippen LogP contribution in [0, 0.1) is 0 Å². The van der Waals surface area contributed by atoms with Crippen LogP contribution in [0.2, 0.25) is 0 Å². The van der Waals surface area contributed by atoms with E-state index in [9.17, 15) is 5.11 Å². The summed E-state index contributed by atoms with van der Waals surface area (Å²) < 4.78 is 7.19. The van der Waals surface area contributed by atoms with Crippen LogP contribution >= 0.6 is 0 Å².